The molecule has 0 heterocycles. The summed E-state index contributed by atoms with van der Waals surface area (Å²) < 4.78 is 5.44. The first kappa shape index (κ1) is 18.5. The van der Waals surface area contributed by atoms with Crippen LogP contribution in [-0.2, 0) is 4.74 Å². The van der Waals surface area contributed by atoms with Crippen LogP contribution in [0.3, 0.4) is 0 Å². The molecule has 2 atom stereocenters. The van der Waals surface area contributed by atoms with Gasteiger partial charge in [-0.15, -0.1) is 36.3 Å². The highest BCUT2D eigenvalue weighted by molar-refractivity contribution is 14.0. The standard InChI is InChI=1S/C14H25N3O.HI/c1-6-8-9-16-13(15-7-2)17-11-10-12(18-5)14(11,3)4;/h1,11-12H,7-10H2,2-5H3,(H2,15,16,17);1H. The quantitative estimate of drug-likeness (QED) is 0.253. The summed E-state index contributed by atoms with van der Waals surface area (Å²) in [6.45, 7) is 8.00. The van der Waals surface area contributed by atoms with Crippen LogP contribution in [0, 0.1) is 17.8 Å². The number of hydrogen-bond acceptors (Lipinski definition) is 2. The number of ether oxygens (including phenoxy) is 1. The zero-order valence-electron chi connectivity index (χ0n) is 12.3. The van der Waals surface area contributed by atoms with Gasteiger partial charge in [0.2, 0.25) is 0 Å². The molecule has 1 aliphatic rings. The number of halogens is 1. The van der Waals surface area contributed by atoms with Crippen molar-refractivity contribution < 1.29 is 4.74 Å². The van der Waals surface area contributed by atoms with E-state index in [1.54, 1.807) is 7.11 Å². The topological polar surface area (TPSA) is 45.7 Å². The Bertz CT molecular complexity index is 336. The maximum Gasteiger partial charge on any atom is 0.191 e. The summed E-state index contributed by atoms with van der Waals surface area (Å²) in [6, 6.07) is 0.395. The SMILES string of the molecule is C#CCCN=C(NCC)NC1CC(OC)C1(C)C.I. The van der Waals surface area contributed by atoms with Gasteiger partial charge >= 0.3 is 0 Å². The van der Waals surface area contributed by atoms with Gasteiger partial charge in [0.1, 0.15) is 0 Å². The van der Waals surface area contributed by atoms with Crippen molar-refractivity contribution in [3.8, 4) is 12.3 Å². The molecule has 0 spiro atoms. The molecule has 0 aromatic rings. The second kappa shape index (κ2) is 8.64. The van der Waals surface area contributed by atoms with Crippen molar-refractivity contribution >= 4 is 29.9 Å². The molecule has 1 rings (SSSR count). The van der Waals surface area contributed by atoms with Crippen LogP contribution in [0.15, 0.2) is 4.99 Å². The first-order valence-corrected chi connectivity index (χ1v) is 6.57. The molecule has 0 aromatic carbocycles. The Labute approximate surface area is 134 Å². The van der Waals surface area contributed by atoms with Crippen molar-refractivity contribution in [3.05, 3.63) is 0 Å². The number of nitrogens with one attached hydrogen (secondary N) is 2. The number of hydrogen-bond donors (Lipinski definition) is 2. The van der Waals surface area contributed by atoms with Gasteiger partial charge in [-0.1, -0.05) is 13.8 Å². The lowest BCUT2D eigenvalue weighted by atomic mass is 9.64. The second-order valence-electron chi connectivity index (χ2n) is 5.19. The predicted molar refractivity (Wildman–Crippen MR) is 91.0 cm³/mol. The number of guanidine groups is 1. The average Bonchev–Trinajstić information content (AvgIpc) is 2.34. The lowest BCUT2D eigenvalue weighted by Gasteiger charge is -2.51. The summed E-state index contributed by atoms with van der Waals surface area (Å²) in [5, 5.41) is 6.70. The molecule has 2 unspecified atom stereocenters. The largest absolute Gasteiger partial charge is 0.381 e. The maximum absolute atomic E-state index is 5.44. The molecule has 0 bridgehead atoms. The van der Waals surface area contributed by atoms with E-state index in [2.05, 4.69) is 42.3 Å². The van der Waals surface area contributed by atoms with E-state index < -0.39 is 0 Å². The monoisotopic (exact) mass is 379 g/mol. The van der Waals surface area contributed by atoms with Crippen molar-refractivity contribution in [2.75, 3.05) is 20.2 Å². The van der Waals surface area contributed by atoms with E-state index in [4.69, 9.17) is 11.2 Å². The Morgan fingerprint density at radius 3 is 2.68 bits per heavy atom. The minimum Gasteiger partial charge on any atom is -0.381 e. The number of nitrogens with zero attached hydrogens (tertiary/aromatic N) is 1. The second-order valence-corrected chi connectivity index (χ2v) is 5.19. The Hall–Kier alpha value is -0.480. The number of aliphatic imine (C=N–C) groups is 1. The molecule has 1 aliphatic carbocycles. The molecule has 19 heavy (non-hydrogen) atoms. The van der Waals surface area contributed by atoms with Crippen molar-refractivity contribution in [1.29, 1.82) is 0 Å². The maximum atomic E-state index is 5.44. The summed E-state index contributed by atoms with van der Waals surface area (Å²) in [6.07, 6.45) is 7.24. The van der Waals surface area contributed by atoms with Gasteiger partial charge in [0.15, 0.2) is 5.96 Å². The zero-order valence-corrected chi connectivity index (χ0v) is 14.7. The Morgan fingerprint density at radius 2 is 2.21 bits per heavy atom. The van der Waals surface area contributed by atoms with E-state index in [1.165, 1.54) is 0 Å². The van der Waals surface area contributed by atoms with Gasteiger partial charge in [0.05, 0.1) is 12.6 Å². The summed E-state index contributed by atoms with van der Waals surface area (Å²) in [7, 11) is 1.77. The van der Waals surface area contributed by atoms with Gasteiger partial charge in [-0.25, -0.2) is 0 Å². The van der Waals surface area contributed by atoms with Gasteiger partial charge < -0.3 is 15.4 Å². The zero-order chi connectivity index (χ0) is 13.6. The summed E-state index contributed by atoms with van der Waals surface area (Å²) in [4.78, 5) is 4.45. The van der Waals surface area contributed by atoms with Gasteiger partial charge in [-0.2, -0.15) is 0 Å². The van der Waals surface area contributed by atoms with E-state index in [1.807, 2.05) is 0 Å². The lowest BCUT2D eigenvalue weighted by molar-refractivity contribution is -0.0922. The molecular weight excluding hydrogens is 353 g/mol. The summed E-state index contributed by atoms with van der Waals surface area (Å²) in [5.74, 6) is 3.44. The molecule has 0 amide bonds. The fourth-order valence-corrected chi connectivity index (χ4v) is 2.25. The highest BCUT2D eigenvalue weighted by Gasteiger charge is 2.48. The van der Waals surface area contributed by atoms with E-state index >= 15 is 0 Å². The lowest BCUT2D eigenvalue weighted by Crippen LogP contribution is -2.63. The third kappa shape index (κ3) is 4.84. The van der Waals surface area contributed by atoms with Crippen LogP contribution in [0.25, 0.3) is 0 Å². The first-order chi connectivity index (χ1) is 8.56. The Balaban J connectivity index is 0.00000324. The van der Waals surface area contributed by atoms with E-state index in [9.17, 15) is 0 Å². The van der Waals surface area contributed by atoms with Crippen molar-refractivity contribution in [2.24, 2.45) is 10.4 Å². The number of rotatable bonds is 5. The van der Waals surface area contributed by atoms with Crippen LogP contribution < -0.4 is 10.6 Å². The highest BCUT2D eigenvalue weighted by Crippen LogP contribution is 2.42. The molecule has 110 valence electrons. The molecule has 0 radical (unpaired) electrons. The fourth-order valence-electron chi connectivity index (χ4n) is 2.25. The molecule has 5 heteroatoms. The Morgan fingerprint density at radius 1 is 1.53 bits per heavy atom. The van der Waals surface area contributed by atoms with Gasteiger partial charge in [0, 0.05) is 31.5 Å². The van der Waals surface area contributed by atoms with Crippen LogP contribution in [0.1, 0.15) is 33.6 Å². The third-order valence-electron chi connectivity index (χ3n) is 3.64. The number of terminal acetylenes is 1. The highest BCUT2D eigenvalue weighted by atomic mass is 127. The molecule has 0 aliphatic heterocycles. The van der Waals surface area contributed by atoms with Crippen LogP contribution in [0.5, 0.6) is 0 Å². The van der Waals surface area contributed by atoms with Crippen molar-refractivity contribution in [3.63, 3.8) is 0 Å². The molecule has 1 fully saturated rings. The van der Waals surface area contributed by atoms with E-state index in [0.29, 0.717) is 25.1 Å². The third-order valence-corrected chi connectivity index (χ3v) is 3.64. The van der Waals surface area contributed by atoms with E-state index in [0.717, 1.165) is 18.9 Å². The summed E-state index contributed by atoms with van der Waals surface area (Å²) >= 11 is 0. The van der Waals surface area contributed by atoms with Crippen LogP contribution >= 0.6 is 24.0 Å². The van der Waals surface area contributed by atoms with Crippen LogP contribution in [0.2, 0.25) is 0 Å². The molecule has 2 N–H and O–H groups in total. The van der Waals surface area contributed by atoms with Gasteiger partial charge in [-0.3, -0.25) is 4.99 Å². The summed E-state index contributed by atoms with van der Waals surface area (Å²) in [5.41, 5.74) is 0.136. The molecule has 4 nitrogen and oxygen atoms in total. The van der Waals surface area contributed by atoms with Crippen LogP contribution in [0.4, 0.5) is 0 Å². The Kier molecular flexibility index (Phi) is 8.42. The van der Waals surface area contributed by atoms with Crippen LogP contribution in [-0.4, -0.2) is 38.3 Å². The molecule has 1 saturated carbocycles. The van der Waals surface area contributed by atoms with Gasteiger partial charge in [-0.05, 0) is 13.3 Å². The van der Waals surface area contributed by atoms with E-state index in [-0.39, 0.29) is 29.4 Å². The minimum absolute atomic E-state index is 0. The molecule has 0 aromatic heterocycles. The smallest absolute Gasteiger partial charge is 0.191 e. The molecule has 0 saturated heterocycles. The molecular formula is C14H26IN3O. The normalized spacial score (nSPS) is 24.7. The predicted octanol–water partition coefficient (Wildman–Crippen LogP) is 2.00. The van der Waals surface area contributed by atoms with Crippen molar-refractivity contribution in [2.45, 2.75) is 45.8 Å². The average molecular weight is 379 g/mol. The van der Waals surface area contributed by atoms with Gasteiger partial charge in [0.25, 0.3) is 0 Å². The van der Waals surface area contributed by atoms with Crippen molar-refractivity contribution in [1.82, 2.24) is 10.6 Å². The number of methoxy groups -OCH3 is 1. The fraction of sp³-hybridized carbons (Fsp3) is 0.786. The minimum atomic E-state index is 0. The first-order valence-electron chi connectivity index (χ1n) is 6.57.